The molecule has 0 fully saturated rings. The zero-order valence-corrected chi connectivity index (χ0v) is 12.0. The Hall–Kier alpha value is -2.24. The number of hydrogen-bond acceptors (Lipinski definition) is 4. The van der Waals surface area contributed by atoms with E-state index < -0.39 is 5.91 Å². The third-order valence-electron chi connectivity index (χ3n) is 2.75. The second-order valence-corrected chi connectivity index (χ2v) is 4.37. The summed E-state index contributed by atoms with van der Waals surface area (Å²) in [7, 11) is 2.91. The maximum atomic E-state index is 12.2. The number of phenolic OH excluding ortho intramolecular Hbond substituents is 1. The molecule has 1 rings (SSSR count). The number of nitrogens with one attached hydrogen (secondary N) is 1. The van der Waals surface area contributed by atoms with Gasteiger partial charge in [0, 0.05) is 13.6 Å². The Morgan fingerprint density at radius 2 is 2.10 bits per heavy atom. The fraction of sp³-hybridized carbons (Fsp3) is 0.429. The van der Waals surface area contributed by atoms with Crippen LogP contribution in [-0.2, 0) is 4.79 Å². The third-order valence-corrected chi connectivity index (χ3v) is 2.75. The number of nitrogens with zero attached hydrogens (tertiary/aromatic N) is 1. The second kappa shape index (κ2) is 7.37. The molecule has 2 amide bonds. The average molecular weight is 280 g/mol. The fourth-order valence-electron chi connectivity index (χ4n) is 1.67. The summed E-state index contributed by atoms with van der Waals surface area (Å²) >= 11 is 0. The molecule has 0 aliphatic rings. The molecular weight excluding hydrogens is 260 g/mol. The summed E-state index contributed by atoms with van der Waals surface area (Å²) in [6.45, 7) is 2.46. The van der Waals surface area contributed by atoms with Gasteiger partial charge in [-0.2, -0.15) is 0 Å². The zero-order valence-electron chi connectivity index (χ0n) is 12.0. The minimum absolute atomic E-state index is 0.0600. The van der Waals surface area contributed by atoms with Crippen molar-refractivity contribution < 1.29 is 19.4 Å². The van der Waals surface area contributed by atoms with Crippen LogP contribution in [0.25, 0.3) is 0 Å². The first-order valence-corrected chi connectivity index (χ1v) is 6.39. The summed E-state index contributed by atoms with van der Waals surface area (Å²) in [5, 5.41) is 12.6. The SMILES string of the molecule is CCCNC(=O)CN(C)C(=O)c1cccc(OC)c1O. The highest BCUT2D eigenvalue weighted by molar-refractivity contribution is 5.99. The van der Waals surface area contributed by atoms with E-state index in [0.717, 1.165) is 6.42 Å². The number of hydrogen-bond donors (Lipinski definition) is 2. The van der Waals surface area contributed by atoms with Gasteiger partial charge in [0.05, 0.1) is 19.2 Å². The number of carbonyl (C=O) groups excluding carboxylic acids is 2. The Balaban J connectivity index is 2.77. The quantitative estimate of drug-likeness (QED) is 0.814. The molecule has 0 atom stereocenters. The standard InChI is InChI=1S/C14H20N2O4/c1-4-8-15-12(17)9-16(2)14(19)10-6-5-7-11(20-3)13(10)18/h5-7,18H,4,8-9H2,1-3H3,(H,15,17). The maximum Gasteiger partial charge on any atom is 0.257 e. The molecule has 0 radical (unpaired) electrons. The van der Waals surface area contributed by atoms with Crippen molar-refractivity contribution in [3.05, 3.63) is 23.8 Å². The van der Waals surface area contributed by atoms with Crippen molar-refractivity contribution in [2.45, 2.75) is 13.3 Å². The van der Waals surface area contributed by atoms with E-state index in [4.69, 9.17) is 4.74 Å². The molecule has 0 aliphatic heterocycles. The summed E-state index contributed by atoms with van der Waals surface area (Å²) in [5.41, 5.74) is 0.107. The van der Waals surface area contributed by atoms with Crippen LogP contribution in [0.15, 0.2) is 18.2 Å². The molecular formula is C14H20N2O4. The molecule has 6 nitrogen and oxygen atoms in total. The highest BCUT2D eigenvalue weighted by atomic mass is 16.5. The molecule has 1 aromatic rings. The molecule has 0 unspecified atom stereocenters. The highest BCUT2D eigenvalue weighted by Crippen LogP contribution is 2.29. The van der Waals surface area contributed by atoms with Gasteiger partial charge in [-0.05, 0) is 18.6 Å². The first-order chi connectivity index (χ1) is 9.51. The third kappa shape index (κ3) is 3.88. The number of likely N-dealkylation sites (N-methyl/N-ethyl adjacent to an activating group) is 1. The lowest BCUT2D eigenvalue weighted by Gasteiger charge is -2.18. The van der Waals surface area contributed by atoms with Gasteiger partial charge >= 0.3 is 0 Å². The normalized spacial score (nSPS) is 9.95. The summed E-state index contributed by atoms with van der Waals surface area (Å²) < 4.78 is 4.95. The molecule has 2 N–H and O–H groups in total. The molecule has 0 bridgehead atoms. The maximum absolute atomic E-state index is 12.2. The van der Waals surface area contributed by atoms with Crippen LogP contribution in [0.4, 0.5) is 0 Å². The number of phenols is 1. The molecule has 110 valence electrons. The zero-order chi connectivity index (χ0) is 15.1. The van der Waals surface area contributed by atoms with Gasteiger partial charge in [0.15, 0.2) is 11.5 Å². The van der Waals surface area contributed by atoms with Crippen LogP contribution < -0.4 is 10.1 Å². The Morgan fingerprint density at radius 3 is 2.70 bits per heavy atom. The van der Waals surface area contributed by atoms with Crippen molar-refractivity contribution in [3.63, 3.8) is 0 Å². The molecule has 1 aromatic carbocycles. The lowest BCUT2D eigenvalue weighted by molar-refractivity contribution is -0.121. The molecule has 0 spiro atoms. The van der Waals surface area contributed by atoms with E-state index in [9.17, 15) is 14.7 Å². The lowest BCUT2D eigenvalue weighted by Crippen LogP contribution is -2.38. The minimum Gasteiger partial charge on any atom is -0.504 e. The smallest absolute Gasteiger partial charge is 0.257 e. The van der Waals surface area contributed by atoms with E-state index >= 15 is 0 Å². The minimum atomic E-state index is -0.437. The van der Waals surface area contributed by atoms with Gasteiger partial charge in [-0.25, -0.2) is 0 Å². The van der Waals surface area contributed by atoms with E-state index in [-0.39, 0.29) is 29.5 Å². The van der Waals surface area contributed by atoms with E-state index in [2.05, 4.69) is 5.32 Å². The number of carbonyl (C=O) groups is 2. The van der Waals surface area contributed by atoms with Crippen molar-refractivity contribution in [1.82, 2.24) is 10.2 Å². The molecule has 20 heavy (non-hydrogen) atoms. The van der Waals surface area contributed by atoms with Crippen LogP contribution in [0.2, 0.25) is 0 Å². The number of aromatic hydroxyl groups is 1. The summed E-state index contributed by atoms with van der Waals surface area (Å²) in [6.07, 6.45) is 0.833. The second-order valence-electron chi connectivity index (χ2n) is 4.37. The number of ether oxygens (including phenoxy) is 1. The first kappa shape index (κ1) is 15.8. The first-order valence-electron chi connectivity index (χ1n) is 6.39. The van der Waals surface area contributed by atoms with Gasteiger partial charge in [-0.3, -0.25) is 9.59 Å². The number of methoxy groups -OCH3 is 1. The van der Waals surface area contributed by atoms with E-state index in [1.807, 2.05) is 6.92 Å². The Morgan fingerprint density at radius 1 is 1.40 bits per heavy atom. The molecule has 0 saturated heterocycles. The van der Waals surface area contributed by atoms with Crippen LogP contribution in [0.3, 0.4) is 0 Å². The highest BCUT2D eigenvalue weighted by Gasteiger charge is 2.19. The van der Waals surface area contributed by atoms with Crippen molar-refractivity contribution in [2.75, 3.05) is 27.2 Å². The van der Waals surface area contributed by atoms with Gasteiger partial charge < -0.3 is 20.1 Å². The van der Waals surface area contributed by atoms with Crippen LogP contribution in [0.5, 0.6) is 11.5 Å². The van der Waals surface area contributed by atoms with Crippen molar-refractivity contribution in [3.8, 4) is 11.5 Å². The Kier molecular flexibility index (Phi) is 5.83. The lowest BCUT2D eigenvalue weighted by atomic mass is 10.1. The molecule has 0 saturated carbocycles. The number of rotatable bonds is 6. The van der Waals surface area contributed by atoms with Crippen molar-refractivity contribution >= 4 is 11.8 Å². The molecule has 0 aromatic heterocycles. The van der Waals surface area contributed by atoms with E-state index in [1.165, 1.54) is 25.1 Å². The summed E-state index contributed by atoms with van der Waals surface area (Å²) in [6, 6.07) is 4.65. The van der Waals surface area contributed by atoms with Crippen LogP contribution in [0.1, 0.15) is 23.7 Å². The summed E-state index contributed by atoms with van der Waals surface area (Å²) in [5.74, 6) is -0.668. The van der Waals surface area contributed by atoms with E-state index in [1.54, 1.807) is 12.1 Å². The average Bonchev–Trinajstić information content (AvgIpc) is 2.44. The van der Waals surface area contributed by atoms with E-state index in [0.29, 0.717) is 6.54 Å². The monoisotopic (exact) mass is 280 g/mol. The van der Waals surface area contributed by atoms with Gasteiger partial charge in [0.2, 0.25) is 5.91 Å². The van der Waals surface area contributed by atoms with Gasteiger partial charge in [0.25, 0.3) is 5.91 Å². The van der Waals surface area contributed by atoms with Gasteiger partial charge in [-0.15, -0.1) is 0 Å². The predicted octanol–water partition coefficient (Wildman–Crippen LogP) is 0.999. The Bertz CT molecular complexity index is 488. The van der Waals surface area contributed by atoms with Crippen LogP contribution >= 0.6 is 0 Å². The summed E-state index contributed by atoms with van der Waals surface area (Å²) in [4.78, 5) is 25.0. The van der Waals surface area contributed by atoms with Gasteiger partial charge in [0.1, 0.15) is 0 Å². The van der Waals surface area contributed by atoms with Crippen molar-refractivity contribution in [1.29, 1.82) is 0 Å². The number of para-hydroxylation sites is 1. The van der Waals surface area contributed by atoms with Crippen LogP contribution in [0, 0.1) is 0 Å². The molecule has 0 aliphatic carbocycles. The molecule has 0 heterocycles. The predicted molar refractivity (Wildman–Crippen MR) is 74.9 cm³/mol. The fourth-order valence-corrected chi connectivity index (χ4v) is 1.67. The van der Waals surface area contributed by atoms with Crippen LogP contribution in [-0.4, -0.2) is 49.1 Å². The van der Waals surface area contributed by atoms with Gasteiger partial charge in [-0.1, -0.05) is 13.0 Å². The Labute approximate surface area is 118 Å². The van der Waals surface area contributed by atoms with Crippen molar-refractivity contribution in [2.24, 2.45) is 0 Å². The number of amides is 2. The topological polar surface area (TPSA) is 78.9 Å². The largest absolute Gasteiger partial charge is 0.504 e. The molecule has 6 heteroatoms. The number of benzene rings is 1.